The topological polar surface area (TPSA) is 79.0 Å². The maximum Gasteiger partial charge on any atom is 0.305 e. The Bertz CT molecular complexity index is 376. The third-order valence-electron chi connectivity index (χ3n) is 5.94. The van der Waals surface area contributed by atoms with Crippen LogP contribution in [-0.2, 0) is 9.53 Å². The van der Waals surface area contributed by atoms with Crippen LogP contribution in [0.1, 0.15) is 77.0 Å². The lowest BCUT2D eigenvalue weighted by molar-refractivity contribution is -0.140. The van der Waals surface area contributed by atoms with E-state index >= 15 is 0 Å². The van der Waals surface area contributed by atoms with Crippen molar-refractivity contribution >= 4 is 5.97 Å². The van der Waals surface area contributed by atoms with Crippen molar-refractivity contribution in [3.63, 3.8) is 0 Å². The van der Waals surface area contributed by atoms with Crippen molar-refractivity contribution in [1.82, 2.24) is 9.80 Å². The van der Waals surface area contributed by atoms with Crippen LogP contribution < -0.4 is 5.73 Å². The van der Waals surface area contributed by atoms with Gasteiger partial charge in [-0.1, -0.05) is 32.1 Å². The van der Waals surface area contributed by atoms with E-state index in [4.69, 9.17) is 10.5 Å². The number of nitrogens with two attached hydrogens (primary N) is 1. The van der Waals surface area contributed by atoms with Gasteiger partial charge in [0.25, 0.3) is 0 Å². The summed E-state index contributed by atoms with van der Waals surface area (Å²) in [6.45, 7) is 6.05. The van der Waals surface area contributed by atoms with Crippen molar-refractivity contribution in [1.29, 1.82) is 0 Å². The van der Waals surface area contributed by atoms with Crippen LogP contribution in [0.25, 0.3) is 0 Å². The Morgan fingerprint density at radius 1 is 0.929 bits per heavy atom. The number of carbonyl (C=O) groups is 1. The number of hydrogen-bond donors (Lipinski definition) is 2. The summed E-state index contributed by atoms with van der Waals surface area (Å²) in [4.78, 5) is 16.3. The zero-order chi connectivity index (χ0) is 20.5. The van der Waals surface area contributed by atoms with Gasteiger partial charge in [-0.2, -0.15) is 0 Å². The molecule has 0 radical (unpaired) electrons. The number of aliphatic hydroxyl groups is 1. The molecule has 28 heavy (non-hydrogen) atoms. The summed E-state index contributed by atoms with van der Waals surface area (Å²) in [5, 5.41) is 9.41. The van der Waals surface area contributed by atoms with Gasteiger partial charge >= 0.3 is 5.97 Å². The number of unbranched alkanes of at least 4 members (excludes halogenated alkanes) is 4. The molecule has 6 heteroatoms. The Balaban J connectivity index is 2.40. The lowest BCUT2D eigenvalue weighted by atomic mass is 9.94. The van der Waals surface area contributed by atoms with Crippen molar-refractivity contribution in [3.8, 4) is 0 Å². The molecule has 0 aromatic heterocycles. The maximum absolute atomic E-state index is 11.3. The minimum atomic E-state index is -0.0987. The van der Waals surface area contributed by atoms with E-state index in [0.29, 0.717) is 12.5 Å². The fourth-order valence-corrected chi connectivity index (χ4v) is 4.19. The van der Waals surface area contributed by atoms with Gasteiger partial charge in [0.05, 0.1) is 13.7 Å². The van der Waals surface area contributed by atoms with E-state index in [1.165, 1.54) is 45.6 Å². The molecule has 0 aromatic rings. The van der Waals surface area contributed by atoms with Crippen LogP contribution in [0.2, 0.25) is 0 Å². The second kappa shape index (κ2) is 17.2. The molecule has 0 bridgehead atoms. The second-order valence-corrected chi connectivity index (χ2v) is 8.13. The zero-order valence-corrected chi connectivity index (χ0v) is 18.2. The molecule has 1 fully saturated rings. The molecule has 166 valence electrons. The first-order valence-electron chi connectivity index (χ1n) is 11.6. The van der Waals surface area contributed by atoms with Gasteiger partial charge in [0.15, 0.2) is 0 Å². The third kappa shape index (κ3) is 12.0. The van der Waals surface area contributed by atoms with E-state index in [1.54, 1.807) is 0 Å². The SMILES string of the molecule is COC(=O)CCCCCN(CCN(CCO)CCCCCN)C1CCCCC1. The monoisotopic (exact) mass is 399 g/mol. The number of aliphatic hydroxyl groups excluding tert-OH is 1. The lowest BCUT2D eigenvalue weighted by Crippen LogP contribution is -2.43. The van der Waals surface area contributed by atoms with Crippen LogP contribution in [0.3, 0.4) is 0 Å². The normalized spacial score (nSPS) is 15.5. The molecule has 0 aromatic carbocycles. The molecule has 6 nitrogen and oxygen atoms in total. The van der Waals surface area contributed by atoms with Crippen LogP contribution in [0, 0.1) is 0 Å². The third-order valence-corrected chi connectivity index (χ3v) is 5.94. The summed E-state index contributed by atoms with van der Waals surface area (Å²) in [6.07, 6.45) is 13.8. The fraction of sp³-hybridized carbons (Fsp3) is 0.955. The van der Waals surface area contributed by atoms with Gasteiger partial charge in [0.2, 0.25) is 0 Å². The molecule has 1 aliphatic carbocycles. The van der Waals surface area contributed by atoms with E-state index < -0.39 is 0 Å². The molecular weight excluding hydrogens is 354 g/mol. The van der Waals surface area contributed by atoms with Crippen LogP contribution in [0.15, 0.2) is 0 Å². The minimum absolute atomic E-state index is 0.0987. The molecule has 3 N–H and O–H groups in total. The second-order valence-electron chi connectivity index (χ2n) is 8.13. The minimum Gasteiger partial charge on any atom is -0.469 e. The summed E-state index contributed by atoms with van der Waals surface area (Å²) in [6, 6.07) is 0.711. The smallest absolute Gasteiger partial charge is 0.305 e. The molecule has 0 heterocycles. The summed E-state index contributed by atoms with van der Waals surface area (Å²) >= 11 is 0. The van der Waals surface area contributed by atoms with Crippen molar-refractivity contribution < 1.29 is 14.6 Å². The standard InChI is InChI=1S/C22H45N3O3/c1-28-22(27)13-7-3-10-16-25(21-11-5-2-6-12-21)18-17-24(19-20-26)15-9-4-8-14-23/h21,26H,2-20,23H2,1H3. The summed E-state index contributed by atoms with van der Waals surface area (Å²) in [5.74, 6) is -0.0987. The highest BCUT2D eigenvalue weighted by Crippen LogP contribution is 2.23. The Kier molecular flexibility index (Phi) is 15.6. The van der Waals surface area contributed by atoms with E-state index in [9.17, 15) is 9.90 Å². The van der Waals surface area contributed by atoms with Gasteiger partial charge in [-0.25, -0.2) is 0 Å². The number of carbonyl (C=O) groups excluding carboxylic acids is 1. The summed E-state index contributed by atoms with van der Waals surface area (Å²) in [7, 11) is 1.46. The highest BCUT2D eigenvalue weighted by atomic mass is 16.5. The van der Waals surface area contributed by atoms with Crippen molar-refractivity contribution in [2.24, 2.45) is 5.73 Å². The number of nitrogens with zero attached hydrogens (tertiary/aromatic N) is 2. The average Bonchev–Trinajstić information content (AvgIpc) is 2.73. The zero-order valence-electron chi connectivity index (χ0n) is 18.2. The number of esters is 1. The lowest BCUT2D eigenvalue weighted by Gasteiger charge is -2.36. The van der Waals surface area contributed by atoms with E-state index in [0.717, 1.165) is 71.4 Å². The molecule has 0 spiro atoms. The first kappa shape index (κ1) is 25.3. The Hall–Kier alpha value is -0.690. The first-order valence-corrected chi connectivity index (χ1v) is 11.6. The van der Waals surface area contributed by atoms with Crippen LogP contribution in [-0.4, -0.2) is 79.9 Å². The highest BCUT2D eigenvalue weighted by Gasteiger charge is 2.21. The van der Waals surface area contributed by atoms with Crippen LogP contribution >= 0.6 is 0 Å². The van der Waals surface area contributed by atoms with Gasteiger partial charge in [-0.15, -0.1) is 0 Å². The maximum atomic E-state index is 11.3. The molecule has 1 aliphatic rings. The Morgan fingerprint density at radius 3 is 2.32 bits per heavy atom. The molecule has 0 saturated heterocycles. The van der Waals surface area contributed by atoms with E-state index in [2.05, 4.69) is 9.80 Å². The van der Waals surface area contributed by atoms with Gasteiger partial charge < -0.3 is 15.6 Å². The Morgan fingerprint density at radius 2 is 1.64 bits per heavy atom. The fourth-order valence-electron chi connectivity index (χ4n) is 4.19. The van der Waals surface area contributed by atoms with Crippen LogP contribution in [0.5, 0.6) is 0 Å². The van der Waals surface area contributed by atoms with Crippen molar-refractivity contribution in [2.75, 3.05) is 53.0 Å². The summed E-state index contributed by atoms with van der Waals surface area (Å²) < 4.78 is 4.73. The Labute approximate surface area is 172 Å². The van der Waals surface area contributed by atoms with Gasteiger partial charge in [0.1, 0.15) is 0 Å². The summed E-state index contributed by atoms with van der Waals surface area (Å²) in [5.41, 5.74) is 5.59. The van der Waals surface area contributed by atoms with Crippen molar-refractivity contribution in [3.05, 3.63) is 0 Å². The van der Waals surface area contributed by atoms with Crippen molar-refractivity contribution in [2.45, 2.75) is 83.1 Å². The van der Waals surface area contributed by atoms with Gasteiger partial charge in [0, 0.05) is 32.1 Å². The number of methoxy groups -OCH3 is 1. The molecule has 1 saturated carbocycles. The molecule has 0 aliphatic heterocycles. The molecule has 0 unspecified atom stereocenters. The van der Waals surface area contributed by atoms with Gasteiger partial charge in [-0.05, 0) is 58.2 Å². The molecule has 0 amide bonds. The van der Waals surface area contributed by atoms with Crippen LogP contribution in [0.4, 0.5) is 0 Å². The number of rotatable bonds is 17. The molecule has 0 atom stereocenters. The van der Waals surface area contributed by atoms with Gasteiger partial charge in [-0.3, -0.25) is 14.6 Å². The predicted octanol–water partition coefficient (Wildman–Crippen LogP) is 2.78. The average molecular weight is 400 g/mol. The predicted molar refractivity (Wildman–Crippen MR) is 115 cm³/mol. The number of hydrogen-bond acceptors (Lipinski definition) is 6. The molecular formula is C22H45N3O3. The van der Waals surface area contributed by atoms with E-state index in [-0.39, 0.29) is 12.6 Å². The first-order chi connectivity index (χ1) is 13.7. The van der Waals surface area contributed by atoms with E-state index in [1.807, 2.05) is 0 Å². The number of ether oxygens (including phenoxy) is 1. The molecule has 1 rings (SSSR count). The quantitative estimate of drug-likeness (QED) is 0.289. The largest absolute Gasteiger partial charge is 0.469 e. The highest BCUT2D eigenvalue weighted by molar-refractivity contribution is 5.68.